The molecule has 3 aliphatic heterocycles. The van der Waals surface area contributed by atoms with Crippen molar-refractivity contribution in [1.29, 1.82) is 0 Å². The average Bonchev–Trinajstić information content (AvgIpc) is 1.49. The molecule has 2 fully saturated rings. The number of nitrogens with one attached hydrogen (secondary N) is 5. The number of thioether (sulfide) groups is 1. The summed E-state index contributed by atoms with van der Waals surface area (Å²) < 4.78 is 17.2. The lowest BCUT2D eigenvalue weighted by atomic mass is 9.83. The summed E-state index contributed by atoms with van der Waals surface area (Å²) in [6, 6.07) is -7.60. The smallest absolute Gasteiger partial charge is 0.404 e. The van der Waals surface area contributed by atoms with Gasteiger partial charge < -0.3 is 93.7 Å². The van der Waals surface area contributed by atoms with Gasteiger partial charge in [0, 0.05) is 55.3 Å². The molecule has 0 saturated carbocycles. The zero-order chi connectivity index (χ0) is 67.2. The number of aliphatic imine (C=N–C) groups is 2. The molecule has 5 aliphatic rings. The highest BCUT2D eigenvalue weighted by Crippen LogP contribution is 2.60. The number of guanidine groups is 1. The molecule has 18 N–H and O–H groups in total. The van der Waals surface area contributed by atoms with Crippen molar-refractivity contribution in [3.05, 3.63) is 63.1 Å². The average molecular weight is 1300 g/mol. The molecule has 6 heterocycles. The van der Waals surface area contributed by atoms with Gasteiger partial charge in [0.1, 0.15) is 43.4 Å². The number of nitrogens with zero attached hydrogens (tertiary/aromatic N) is 8. The number of fused-ring (bicyclic) bond motifs is 5. The quantitative estimate of drug-likeness (QED) is 0.00785. The molecular weight excluding hydrogens is 1240 g/mol. The zero-order valence-electron chi connectivity index (χ0n) is 49.3. The fourth-order valence-corrected chi connectivity index (χ4v) is 12.4. The van der Waals surface area contributed by atoms with Gasteiger partial charge in [-0.1, -0.05) is 6.08 Å². The van der Waals surface area contributed by atoms with Gasteiger partial charge in [0.2, 0.25) is 52.9 Å². The summed E-state index contributed by atoms with van der Waals surface area (Å²) in [5, 5.41) is 61.4. The normalized spacial score (nSPS) is 21.3. The Hall–Kier alpha value is -10.7. The maximum atomic E-state index is 14.1. The number of nitrogen functional groups attached to an aromatic ring is 1. The number of nitrogens with two attached hydrogens (primary N) is 4. The topological polar surface area (TPSA) is 576 Å². The number of Topliss-reactive ketones (excluding diaryl/α,β-unsaturated/α-hetero) is 2. The first-order chi connectivity index (χ1) is 43.6. The van der Waals surface area contributed by atoms with Crippen molar-refractivity contribution in [1.82, 2.24) is 55.6 Å². The molecule has 2 saturated heterocycles. The van der Waals surface area contributed by atoms with E-state index in [9.17, 15) is 83.1 Å². The van der Waals surface area contributed by atoms with Crippen LogP contribution in [0.1, 0.15) is 57.6 Å². The maximum absolute atomic E-state index is 14.1. The summed E-state index contributed by atoms with van der Waals surface area (Å²) in [4.78, 5) is 183. The van der Waals surface area contributed by atoms with E-state index < -0.39 is 174 Å². The third-order valence-corrected chi connectivity index (χ3v) is 16.9. The standard InChI is InChI=1S/C54H65N17O20S/c1-21-39(77)38-36(40(78)41(21)89-2)25(19-91-53(58)88)54(90-3)42-30(17-70(38)54)71(42)34(74)18-69-33(73)14-31(48(69)83)92-20-29(50(86)87)66-46(81)28(13-35(75)76)65-45(80)26(5-4-12-59-51(55)56)63-32(72)11-10-27(49(84)85)64-44(79)22-6-8-23(9-7-22)60-15-24-16-61-43-37(62-24)47(82)68-52(57)67-43/h6,8,14,16,22,25-30,42,73,83H,4-5,7,9-13,15,17-20H2,1-3H3,(H2,58,88)(H,63,72)(H,64,79)(H,65,80)(H,66,81)(H,75,76)(H,84,85)(H,86,87)(H4,55,56,59)(H3,57,61,67,68,82). The van der Waals surface area contributed by atoms with E-state index in [-0.39, 0.29) is 89.5 Å². The van der Waals surface area contributed by atoms with Crippen LogP contribution in [0.5, 0.6) is 11.8 Å². The number of amides is 6. The minimum absolute atomic E-state index is 0.00630. The van der Waals surface area contributed by atoms with Gasteiger partial charge in [-0.25, -0.2) is 24.4 Å². The van der Waals surface area contributed by atoms with E-state index in [1.54, 1.807) is 6.08 Å². The van der Waals surface area contributed by atoms with Gasteiger partial charge in [0.05, 0.1) is 60.4 Å². The monoisotopic (exact) mass is 1300 g/mol. The van der Waals surface area contributed by atoms with Crippen LogP contribution in [0.4, 0.5) is 10.7 Å². The number of aliphatic carboxylic acids is 3. The number of carbonyl (C=O) groups is 11. The summed E-state index contributed by atoms with van der Waals surface area (Å²) in [5.74, 6) is -15.5. The van der Waals surface area contributed by atoms with Crippen LogP contribution in [-0.2, 0) is 75.2 Å². The molecule has 0 bridgehead atoms. The minimum atomic E-state index is -2.00. The predicted octanol–water partition coefficient (Wildman–Crippen LogP) is -4.09. The summed E-state index contributed by atoms with van der Waals surface area (Å²) in [5.41, 5.74) is 20.3. The number of primary amides is 1. The molecule has 37 nitrogen and oxygen atoms in total. The second-order valence-electron chi connectivity index (χ2n) is 21.6. The first-order valence-electron chi connectivity index (χ1n) is 28.1. The summed E-state index contributed by atoms with van der Waals surface area (Å²) >= 11 is 0.576. The number of ether oxygens (including phenoxy) is 3. The number of hydrogen-bond acceptors (Lipinski definition) is 25. The number of ketones is 2. The van der Waals surface area contributed by atoms with Crippen LogP contribution in [0, 0.1) is 11.8 Å². The molecule has 6 amide bonds. The van der Waals surface area contributed by atoms with E-state index >= 15 is 0 Å². The lowest BCUT2D eigenvalue weighted by Crippen LogP contribution is -2.56. The van der Waals surface area contributed by atoms with Gasteiger partial charge in [-0.2, -0.15) is 4.98 Å². The molecule has 0 radical (unpaired) electrons. The Morgan fingerprint density at radius 3 is 2.26 bits per heavy atom. The van der Waals surface area contributed by atoms with E-state index in [4.69, 9.17) is 37.1 Å². The van der Waals surface area contributed by atoms with Crippen molar-refractivity contribution in [2.75, 3.05) is 45.4 Å². The largest absolute Gasteiger partial charge is 0.494 e. The number of carboxylic acids is 3. The molecular formula is C54H65N17O20S. The predicted molar refractivity (Wildman–Crippen MR) is 315 cm³/mol. The molecule has 38 heteroatoms. The van der Waals surface area contributed by atoms with E-state index in [1.165, 1.54) is 43.2 Å². The van der Waals surface area contributed by atoms with Crippen molar-refractivity contribution in [2.24, 2.45) is 39.0 Å². The summed E-state index contributed by atoms with van der Waals surface area (Å²) in [6.07, 6.45) is 1.37. The molecule has 2 aliphatic carbocycles. The number of rotatable bonds is 29. The van der Waals surface area contributed by atoms with Crippen molar-refractivity contribution >= 4 is 106 Å². The Kier molecular flexibility index (Phi) is 20.5. The number of carbonyl (C=O) groups excluding carboxylic acids is 8. The molecule has 8 rings (SSSR count). The van der Waals surface area contributed by atoms with Crippen LogP contribution < -0.4 is 49.8 Å². The maximum Gasteiger partial charge on any atom is 0.404 e. The zero-order valence-corrected chi connectivity index (χ0v) is 50.1. The van der Waals surface area contributed by atoms with Crippen molar-refractivity contribution in [3.8, 4) is 11.8 Å². The molecule has 3 aromatic rings. The Morgan fingerprint density at radius 2 is 1.62 bits per heavy atom. The molecule has 9 atom stereocenters. The second-order valence-corrected chi connectivity index (χ2v) is 22.7. The van der Waals surface area contributed by atoms with Crippen LogP contribution >= 0.6 is 11.8 Å². The second kappa shape index (κ2) is 28.0. The van der Waals surface area contributed by atoms with E-state index in [0.29, 0.717) is 29.6 Å². The Bertz CT molecular complexity index is 3780. The van der Waals surface area contributed by atoms with Gasteiger partial charge in [-0.05, 0) is 45.1 Å². The number of aromatic hydroxyl groups is 2. The van der Waals surface area contributed by atoms with Gasteiger partial charge in [-0.3, -0.25) is 62.7 Å². The first-order valence-corrected chi connectivity index (χ1v) is 29.1. The number of piperazine rings is 1. The Labute approximate surface area is 523 Å². The molecule has 492 valence electrons. The van der Waals surface area contributed by atoms with Crippen LogP contribution in [0.2, 0.25) is 0 Å². The summed E-state index contributed by atoms with van der Waals surface area (Å²) in [7, 11) is 2.48. The lowest BCUT2D eigenvalue weighted by molar-refractivity contribution is -0.153. The third kappa shape index (κ3) is 14.3. The number of aromatic amines is 1. The van der Waals surface area contributed by atoms with E-state index in [1.807, 2.05) is 0 Å². The van der Waals surface area contributed by atoms with Crippen LogP contribution in [0.15, 0.2) is 66.7 Å². The minimum Gasteiger partial charge on any atom is -0.494 e. The van der Waals surface area contributed by atoms with Crippen LogP contribution in [0.25, 0.3) is 11.2 Å². The van der Waals surface area contributed by atoms with Gasteiger partial charge in [0.15, 0.2) is 34.5 Å². The van der Waals surface area contributed by atoms with Gasteiger partial charge >= 0.3 is 24.0 Å². The van der Waals surface area contributed by atoms with Crippen molar-refractivity contribution in [2.45, 2.75) is 112 Å². The number of methoxy groups -OCH3 is 2. The first kappa shape index (κ1) is 67.3. The molecule has 0 aromatic carbocycles. The highest BCUT2D eigenvalue weighted by Gasteiger charge is 2.77. The van der Waals surface area contributed by atoms with Crippen molar-refractivity contribution in [3.63, 3.8) is 0 Å². The summed E-state index contributed by atoms with van der Waals surface area (Å²) in [6.45, 7) is 0.0484. The SMILES string of the molecule is COC1=C(C)C(=O)C2=C(C1=O)C(COC(N)=O)C1(OC)C3C(CN21)N3C(=O)Cn1c(O)cc(SCC(NC(=O)C(CC(=O)O)NC(=O)C(CCCN=C(N)N)NC(=O)CCC(NC(=O)C2C=CC(=NCc3cnc4nc(N)[nH]c(=O)c4n3)CC2)C(=O)O)C(=O)O)c1O. The Morgan fingerprint density at radius 1 is 0.913 bits per heavy atom. The molecule has 0 spiro atoms. The van der Waals surface area contributed by atoms with Crippen LogP contribution in [0.3, 0.4) is 0 Å². The van der Waals surface area contributed by atoms with E-state index in [0.717, 1.165) is 10.6 Å². The number of carboxylic acid groups (broad SMARTS) is 3. The molecule has 9 unspecified atom stereocenters. The number of hydrogen-bond donors (Lipinski definition) is 14. The number of anilines is 1. The number of aromatic nitrogens is 5. The highest BCUT2D eigenvalue weighted by molar-refractivity contribution is 7.99. The lowest BCUT2D eigenvalue weighted by Gasteiger charge is -2.41. The molecule has 92 heavy (non-hydrogen) atoms. The fourth-order valence-electron chi connectivity index (χ4n) is 11.4. The fraction of sp³-hybridized carbons (Fsp3) is 0.463. The van der Waals surface area contributed by atoms with E-state index in [2.05, 4.69) is 51.2 Å². The number of H-pyrrole nitrogens is 1. The van der Waals surface area contributed by atoms with Gasteiger partial charge in [0.25, 0.3) is 5.56 Å². The number of allylic oxidation sites excluding steroid dienone is 3. The molecule has 3 aromatic heterocycles. The van der Waals surface area contributed by atoms with Crippen LogP contribution in [-0.4, -0.2) is 218 Å². The highest BCUT2D eigenvalue weighted by atomic mass is 32.2. The van der Waals surface area contributed by atoms with Gasteiger partial charge in [-0.15, -0.1) is 11.8 Å². The Balaban J connectivity index is 0.863. The van der Waals surface area contributed by atoms with Crippen molar-refractivity contribution < 1.29 is 92.5 Å². The third-order valence-electron chi connectivity index (χ3n) is 15.8.